The second-order valence-electron chi connectivity index (χ2n) is 7.46. The monoisotopic (exact) mass is 327 g/mol. The van der Waals surface area contributed by atoms with Gasteiger partial charge in [0.2, 0.25) is 11.8 Å². The van der Waals surface area contributed by atoms with Gasteiger partial charge in [-0.15, -0.1) is 0 Å². The van der Waals surface area contributed by atoms with Crippen LogP contribution in [0.3, 0.4) is 0 Å². The largest absolute Gasteiger partial charge is 0.342 e. The first-order valence-corrected chi connectivity index (χ1v) is 9.24. The fourth-order valence-corrected chi connectivity index (χ4v) is 4.61. The molecule has 2 heterocycles. The second-order valence-corrected chi connectivity index (χ2v) is 7.46. The number of hydrogen-bond acceptors (Lipinski definition) is 3. The van der Waals surface area contributed by atoms with Gasteiger partial charge in [-0.3, -0.25) is 14.6 Å². The number of carbonyl (C=O) groups excluding carboxylic acids is 2. The molecule has 5 heteroatoms. The van der Waals surface area contributed by atoms with Crippen LogP contribution in [0.25, 0.3) is 0 Å². The van der Waals surface area contributed by atoms with Crippen molar-refractivity contribution >= 4 is 17.5 Å². The molecular formula is C19H25N3O2. The minimum absolute atomic E-state index is 0.00342. The Balaban J connectivity index is 1.27. The molecule has 2 atom stereocenters. The van der Waals surface area contributed by atoms with E-state index in [1.54, 1.807) is 24.5 Å². The van der Waals surface area contributed by atoms with Gasteiger partial charge in [-0.1, -0.05) is 12.8 Å². The predicted octanol–water partition coefficient (Wildman–Crippen LogP) is 2.69. The van der Waals surface area contributed by atoms with Crippen molar-refractivity contribution in [2.75, 3.05) is 18.4 Å². The maximum Gasteiger partial charge on any atom is 0.227 e. The van der Waals surface area contributed by atoms with Gasteiger partial charge < -0.3 is 10.2 Å². The highest BCUT2D eigenvalue weighted by Crippen LogP contribution is 2.56. The minimum atomic E-state index is 0.00342. The van der Waals surface area contributed by atoms with Crippen molar-refractivity contribution in [3.63, 3.8) is 0 Å². The molecule has 2 aliphatic carbocycles. The van der Waals surface area contributed by atoms with Crippen LogP contribution >= 0.6 is 0 Å². The average Bonchev–Trinajstić information content (AvgIpc) is 3.36. The standard InChI is InChI=1S/C19H25N3O2/c23-18(21-14-5-9-20-10-6-14)13-7-11-22(12-8-13)19(24)17-15-3-1-2-4-16(15)17/h5-6,9-10,13,15-17H,1-4,7-8,11-12H2,(H,20,21,23)/t15-,16-/m0/s1. The number of fused-ring (bicyclic) bond motifs is 1. The number of rotatable bonds is 3. The molecule has 1 N–H and O–H groups in total. The SMILES string of the molecule is O=C(Nc1ccncc1)C1CCN(C(=O)C2[C@H]3CCCC[C@H]23)CC1. The fourth-order valence-electron chi connectivity index (χ4n) is 4.61. The molecule has 1 saturated heterocycles. The molecule has 3 aliphatic rings. The van der Waals surface area contributed by atoms with E-state index in [2.05, 4.69) is 10.3 Å². The molecule has 24 heavy (non-hydrogen) atoms. The number of aromatic nitrogens is 1. The summed E-state index contributed by atoms with van der Waals surface area (Å²) in [6, 6.07) is 3.59. The molecule has 1 aromatic heterocycles. The Kier molecular flexibility index (Phi) is 4.25. The van der Waals surface area contributed by atoms with Gasteiger partial charge in [-0.2, -0.15) is 0 Å². The van der Waals surface area contributed by atoms with Gasteiger partial charge in [-0.25, -0.2) is 0 Å². The van der Waals surface area contributed by atoms with E-state index in [4.69, 9.17) is 0 Å². The van der Waals surface area contributed by atoms with Crippen LogP contribution in [-0.2, 0) is 9.59 Å². The summed E-state index contributed by atoms with van der Waals surface area (Å²) in [5, 5.41) is 2.95. The van der Waals surface area contributed by atoms with Crippen LogP contribution in [0, 0.1) is 23.7 Å². The third-order valence-electron chi connectivity index (χ3n) is 6.07. The van der Waals surface area contributed by atoms with E-state index in [1.807, 2.05) is 4.90 Å². The van der Waals surface area contributed by atoms with Crippen LogP contribution in [0.15, 0.2) is 24.5 Å². The Hall–Kier alpha value is -1.91. The fraction of sp³-hybridized carbons (Fsp3) is 0.632. The number of nitrogens with zero attached hydrogens (tertiary/aromatic N) is 2. The molecule has 3 fully saturated rings. The topological polar surface area (TPSA) is 62.3 Å². The number of anilines is 1. The van der Waals surface area contributed by atoms with E-state index < -0.39 is 0 Å². The van der Waals surface area contributed by atoms with Gasteiger partial charge in [0.15, 0.2) is 0 Å². The van der Waals surface area contributed by atoms with E-state index >= 15 is 0 Å². The lowest BCUT2D eigenvalue weighted by Crippen LogP contribution is -2.42. The summed E-state index contributed by atoms with van der Waals surface area (Å²) in [5.74, 6) is 2.06. The zero-order valence-electron chi connectivity index (χ0n) is 14.0. The molecule has 0 aromatic carbocycles. The molecule has 4 rings (SSSR count). The highest BCUT2D eigenvalue weighted by Gasteiger charge is 2.55. The number of pyridine rings is 1. The number of likely N-dealkylation sites (tertiary alicyclic amines) is 1. The van der Waals surface area contributed by atoms with E-state index in [9.17, 15) is 9.59 Å². The Labute approximate surface area is 142 Å². The van der Waals surface area contributed by atoms with Crippen LogP contribution in [0.5, 0.6) is 0 Å². The van der Waals surface area contributed by atoms with Gasteiger partial charge in [0.1, 0.15) is 0 Å². The lowest BCUT2D eigenvalue weighted by Gasteiger charge is -2.31. The van der Waals surface area contributed by atoms with Crippen molar-refractivity contribution in [2.24, 2.45) is 23.7 Å². The summed E-state index contributed by atoms with van der Waals surface area (Å²) in [6.07, 6.45) is 9.95. The normalized spacial score (nSPS) is 29.7. The summed E-state index contributed by atoms with van der Waals surface area (Å²) in [7, 11) is 0. The van der Waals surface area contributed by atoms with E-state index in [0.717, 1.165) is 31.6 Å². The summed E-state index contributed by atoms with van der Waals surface area (Å²) in [4.78, 5) is 31.0. The molecule has 1 aliphatic heterocycles. The van der Waals surface area contributed by atoms with Gasteiger partial charge >= 0.3 is 0 Å². The van der Waals surface area contributed by atoms with Gasteiger partial charge in [-0.05, 0) is 49.7 Å². The zero-order chi connectivity index (χ0) is 16.5. The van der Waals surface area contributed by atoms with Crippen molar-refractivity contribution in [1.29, 1.82) is 0 Å². The predicted molar refractivity (Wildman–Crippen MR) is 91.1 cm³/mol. The lowest BCUT2D eigenvalue weighted by molar-refractivity contribution is -0.136. The number of piperidine rings is 1. The molecule has 1 aromatic rings. The van der Waals surface area contributed by atoms with Gasteiger partial charge in [0, 0.05) is 43.0 Å². The second kappa shape index (κ2) is 6.54. The Morgan fingerprint density at radius 2 is 1.62 bits per heavy atom. The maximum atomic E-state index is 12.7. The first-order chi connectivity index (χ1) is 11.7. The summed E-state index contributed by atoms with van der Waals surface area (Å²) in [6.45, 7) is 1.45. The summed E-state index contributed by atoms with van der Waals surface area (Å²) in [5.41, 5.74) is 0.788. The molecule has 5 nitrogen and oxygen atoms in total. The van der Waals surface area contributed by atoms with Crippen molar-refractivity contribution in [3.05, 3.63) is 24.5 Å². The molecule has 0 spiro atoms. The van der Waals surface area contributed by atoms with Crippen molar-refractivity contribution in [1.82, 2.24) is 9.88 Å². The molecule has 0 unspecified atom stereocenters. The van der Waals surface area contributed by atoms with Crippen LogP contribution in [-0.4, -0.2) is 34.8 Å². The smallest absolute Gasteiger partial charge is 0.227 e. The quantitative estimate of drug-likeness (QED) is 0.928. The van der Waals surface area contributed by atoms with Crippen LogP contribution < -0.4 is 5.32 Å². The summed E-state index contributed by atoms with van der Waals surface area (Å²) < 4.78 is 0. The van der Waals surface area contributed by atoms with E-state index in [1.165, 1.54) is 25.7 Å². The van der Waals surface area contributed by atoms with Crippen LogP contribution in [0.2, 0.25) is 0 Å². The zero-order valence-corrected chi connectivity index (χ0v) is 14.0. The Morgan fingerprint density at radius 3 is 2.25 bits per heavy atom. The molecule has 2 amide bonds. The molecular weight excluding hydrogens is 302 g/mol. The van der Waals surface area contributed by atoms with Gasteiger partial charge in [0.25, 0.3) is 0 Å². The van der Waals surface area contributed by atoms with Crippen molar-refractivity contribution in [2.45, 2.75) is 38.5 Å². The number of carbonyl (C=O) groups is 2. The molecule has 0 bridgehead atoms. The van der Waals surface area contributed by atoms with Crippen molar-refractivity contribution in [3.8, 4) is 0 Å². The minimum Gasteiger partial charge on any atom is -0.342 e. The number of amides is 2. The summed E-state index contributed by atoms with van der Waals surface area (Å²) >= 11 is 0. The highest BCUT2D eigenvalue weighted by atomic mass is 16.2. The number of hydrogen-bond donors (Lipinski definition) is 1. The van der Waals surface area contributed by atoms with Crippen LogP contribution in [0.1, 0.15) is 38.5 Å². The number of nitrogens with one attached hydrogen (secondary N) is 1. The molecule has 128 valence electrons. The van der Waals surface area contributed by atoms with E-state index in [-0.39, 0.29) is 11.8 Å². The van der Waals surface area contributed by atoms with Gasteiger partial charge in [0.05, 0.1) is 0 Å². The lowest BCUT2D eigenvalue weighted by atomic mass is 9.95. The van der Waals surface area contributed by atoms with E-state index in [0.29, 0.717) is 23.7 Å². The molecule has 0 radical (unpaired) electrons. The average molecular weight is 327 g/mol. The first kappa shape index (κ1) is 15.6. The highest BCUT2D eigenvalue weighted by molar-refractivity contribution is 5.92. The third-order valence-corrected chi connectivity index (χ3v) is 6.07. The van der Waals surface area contributed by atoms with Crippen LogP contribution in [0.4, 0.5) is 5.69 Å². The Bertz CT molecular complexity index is 598. The third kappa shape index (κ3) is 3.04. The van der Waals surface area contributed by atoms with Crippen molar-refractivity contribution < 1.29 is 9.59 Å². The maximum absolute atomic E-state index is 12.7. The Morgan fingerprint density at radius 1 is 1.00 bits per heavy atom. The molecule has 2 saturated carbocycles. The first-order valence-electron chi connectivity index (χ1n) is 9.24.